The van der Waals surface area contributed by atoms with Crippen molar-refractivity contribution < 1.29 is 37.6 Å². The molecule has 0 aliphatic carbocycles. The third-order valence-corrected chi connectivity index (χ3v) is 4.84. The molecule has 0 spiro atoms. The number of alkyl halides is 2. The summed E-state index contributed by atoms with van der Waals surface area (Å²) in [5, 5.41) is 2.08. The fraction of sp³-hybridized carbons (Fsp3) is 0.421. The highest BCUT2D eigenvalue weighted by Gasteiger charge is 2.45. The molecule has 1 aromatic carbocycles. The minimum Gasteiger partial charge on any atom is -0.337 e. The fourth-order valence-electron chi connectivity index (χ4n) is 3.22. The van der Waals surface area contributed by atoms with Crippen LogP contribution in [0.1, 0.15) is 59.7 Å². The number of carbonyl (C=O) groups is 5. The third-order valence-electron chi connectivity index (χ3n) is 4.84. The topological polar surface area (TPSA) is 122 Å². The lowest BCUT2D eigenvalue weighted by Crippen LogP contribution is -2.54. The molecule has 2 aliphatic rings. The number of unbranched alkanes of at least 4 members (excludes halogenated alkanes) is 1. The first-order chi connectivity index (χ1) is 14.2. The number of halogens is 2. The zero-order valence-electron chi connectivity index (χ0n) is 16.0. The second kappa shape index (κ2) is 8.17. The molecule has 2 N–H and O–H groups in total. The summed E-state index contributed by atoms with van der Waals surface area (Å²) in [6.07, 6.45) is -0.0265. The van der Waals surface area contributed by atoms with Crippen molar-refractivity contribution in [2.45, 2.75) is 51.0 Å². The first-order valence-corrected chi connectivity index (χ1v) is 9.36. The van der Waals surface area contributed by atoms with Gasteiger partial charge in [0.1, 0.15) is 6.04 Å². The van der Waals surface area contributed by atoms with Gasteiger partial charge in [-0.05, 0) is 31.0 Å². The lowest BCUT2D eigenvalue weighted by atomic mass is 10.0. The summed E-state index contributed by atoms with van der Waals surface area (Å²) in [7, 11) is 0. The Morgan fingerprint density at radius 1 is 1.23 bits per heavy atom. The molecule has 3 rings (SSSR count). The van der Waals surface area contributed by atoms with Crippen LogP contribution in [0.4, 0.5) is 14.5 Å². The number of nitrogens with one attached hydrogen (secondary N) is 2. The number of hydrogen-bond donors (Lipinski definition) is 2. The summed E-state index contributed by atoms with van der Waals surface area (Å²) in [4.78, 5) is 65.4. The first kappa shape index (κ1) is 21.3. The molecule has 9 nitrogen and oxygen atoms in total. The number of benzene rings is 1. The molecule has 1 aromatic rings. The van der Waals surface area contributed by atoms with E-state index < -0.39 is 48.0 Å². The van der Waals surface area contributed by atoms with Gasteiger partial charge in [-0.25, -0.2) is 10.3 Å². The van der Waals surface area contributed by atoms with E-state index in [1.165, 1.54) is 18.2 Å². The van der Waals surface area contributed by atoms with Crippen LogP contribution in [-0.2, 0) is 19.2 Å². The highest BCUT2D eigenvalue weighted by molar-refractivity contribution is 6.23. The van der Waals surface area contributed by atoms with Gasteiger partial charge in [0, 0.05) is 12.8 Å². The number of piperidine rings is 1. The van der Waals surface area contributed by atoms with Gasteiger partial charge in [0.05, 0.1) is 16.8 Å². The van der Waals surface area contributed by atoms with Crippen molar-refractivity contribution in [3.8, 4) is 0 Å². The van der Waals surface area contributed by atoms with E-state index in [4.69, 9.17) is 0 Å². The van der Waals surface area contributed by atoms with Crippen LogP contribution in [-0.4, -0.2) is 46.5 Å². The molecule has 1 atom stereocenters. The van der Waals surface area contributed by atoms with Gasteiger partial charge in [0.25, 0.3) is 11.8 Å². The number of hydrogen-bond acceptors (Lipinski definition) is 7. The van der Waals surface area contributed by atoms with E-state index in [1.54, 1.807) is 6.92 Å². The third kappa shape index (κ3) is 4.00. The minimum atomic E-state index is -3.66. The minimum absolute atomic E-state index is 0.000310. The lowest BCUT2D eigenvalue weighted by Gasteiger charge is -2.27. The molecule has 1 saturated heterocycles. The molecule has 2 heterocycles. The van der Waals surface area contributed by atoms with Crippen LogP contribution in [0.5, 0.6) is 0 Å². The number of fused-ring (bicyclic) bond motifs is 1. The Balaban J connectivity index is 1.72. The molecular formula is C19H19F2N3O6. The summed E-state index contributed by atoms with van der Waals surface area (Å²) in [5.74, 6) is -8.14. The largest absolute Gasteiger partial charge is 0.401 e. The zero-order valence-corrected chi connectivity index (χ0v) is 16.0. The van der Waals surface area contributed by atoms with Gasteiger partial charge < -0.3 is 4.84 Å². The van der Waals surface area contributed by atoms with Gasteiger partial charge in [0.2, 0.25) is 11.8 Å². The van der Waals surface area contributed by atoms with E-state index in [2.05, 4.69) is 15.6 Å². The first-order valence-electron chi connectivity index (χ1n) is 9.36. The van der Waals surface area contributed by atoms with Crippen molar-refractivity contribution in [1.29, 1.82) is 0 Å². The van der Waals surface area contributed by atoms with Crippen LogP contribution in [0.15, 0.2) is 18.2 Å². The standard InChI is InChI=1S/C19H19F2N3O6/c1-2-3-8-19(20,21)18(29)30-23-10-4-5-11-12(9-10)17(28)24(16(11)27)13-6-7-14(25)22-15(13)26/h4-5,9,13,23H,2-3,6-8H2,1H3,(H,22,25,26). The second-order valence-corrected chi connectivity index (χ2v) is 7.01. The van der Waals surface area contributed by atoms with Gasteiger partial charge in [-0.3, -0.25) is 29.4 Å². The Hall–Kier alpha value is -3.37. The predicted octanol–water partition coefficient (Wildman–Crippen LogP) is 1.78. The van der Waals surface area contributed by atoms with Crippen LogP contribution in [0.25, 0.3) is 0 Å². The maximum Gasteiger partial charge on any atom is 0.401 e. The van der Waals surface area contributed by atoms with Gasteiger partial charge in [-0.2, -0.15) is 8.78 Å². The second-order valence-electron chi connectivity index (χ2n) is 7.01. The van der Waals surface area contributed by atoms with Gasteiger partial charge in [-0.1, -0.05) is 13.3 Å². The van der Waals surface area contributed by atoms with Crippen LogP contribution < -0.4 is 10.8 Å². The molecule has 0 bridgehead atoms. The molecule has 0 aromatic heterocycles. The number of amides is 4. The number of nitrogens with zero attached hydrogens (tertiary/aromatic N) is 1. The van der Waals surface area contributed by atoms with E-state index >= 15 is 0 Å². The van der Waals surface area contributed by atoms with Gasteiger partial charge >= 0.3 is 11.9 Å². The van der Waals surface area contributed by atoms with Crippen molar-refractivity contribution in [2.75, 3.05) is 5.48 Å². The van der Waals surface area contributed by atoms with Crippen LogP contribution in [0.2, 0.25) is 0 Å². The maximum absolute atomic E-state index is 13.7. The number of rotatable bonds is 7. The SMILES string of the molecule is CCCCC(F)(F)C(=O)ONc1ccc2c(c1)C(=O)N(C1CCC(=O)NC1=O)C2=O. The summed E-state index contributed by atoms with van der Waals surface area (Å²) in [6.45, 7) is 1.71. The summed E-state index contributed by atoms with van der Waals surface area (Å²) < 4.78 is 27.4. The molecule has 30 heavy (non-hydrogen) atoms. The highest BCUT2D eigenvalue weighted by atomic mass is 19.3. The van der Waals surface area contributed by atoms with Gasteiger partial charge in [0.15, 0.2) is 0 Å². The number of anilines is 1. The van der Waals surface area contributed by atoms with Crippen LogP contribution in [0, 0.1) is 0 Å². The molecule has 1 unspecified atom stereocenters. The van der Waals surface area contributed by atoms with Crippen molar-refractivity contribution in [1.82, 2.24) is 10.2 Å². The van der Waals surface area contributed by atoms with E-state index in [0.717, 1.165) is 4.90 Å². The fourth-order valence-corrected chi connectivity index (χ4v) is 3.22. The average Bonchev–Trinajstić information content (AvgIpc) is 2.95. The van der Waals surface area contributed by atoms with Crippen molar-refractivity contribution >= 4 is 35.3 Å². The molecule has 4 amide bonds. The maximum atomic E-state index is 13.7. The Labute approximate surface area is 169 Å². The predicted molar refractivity (Wildman–Crippen MR) is 97.3 cm³/mol. The monoisotopic (exact) mass is 423 g/mol. The molecular weight excluding hydrogens is 404 g/mol. The molecule has 0 radical (unpaired) electrons. The zero-order chi connectivity index (χ0) is 22.1. The molecule has 0 saturated carbocycles. The van der Waals surface area contributed by atoms with Gasteiger partial charge in [-0.15, -0.1) is 0 Å². The number of imide groups is 2. The van der Waals surface area contributed by atoms with Crippen molar-refractivity contribution in [2.24, 2.45) is 0 Å². The van der Waals surface area contributed by atoms with E-state index in [-0.39, 0.29) is 36.1 Å². The quantitative estimate of drug-likeness (QED) is 0.506. The number of carbonyl (C=O) groups excluding carboxylic acids is 5. The Morgan fingerprint density at radius 3 is 2.60 bits per heavy atom. The van der Waals surface area contributed by atoms with Crippen LogP contribution >= 0.6 is 0 Å². The van der Waals surface area contributed by atoms with E-state index in [0.29, 0.717) is 6.42 Å². The normalized spacial score (nSPS) is 18.9. The molecule has 160 valence electrons. The Kier molecular flexibility index (Phi) is 5.81. The highest BCUT2D eigenvalue weighted by Crippen LogP contribution is 2.30. The Bertz CT molecular complexity index is 933. The molecule has 1 fully saturated rings. The summed E-state index contributed by atoms with van der Waals surface area (Å²) in [6, 6.07) is 2.57. The summed E-state index contributed by atoms with van der Waals surface area (Å²) >= 11 is 0. The van der Waals surface area contributed by atoms with Crippen LogP contribution in [0.3, 0.4) is 0 Å². The van der Waals surface area contributed by atoms with E-state index in [1.807, 2.05) is 0 Å². The van der Waals surface area contributed by atoms with Crippen molar-refractivity contribution in [3.63, 3.8) is 0 Å². The smallest absolute Gasteiger partial charge is 0.337 e. The molecule has 11 heteroatoms. The summed E-state index contributed by atoms with van der Waals surface area (Å²) in [5.41, 5.74) is 1.99. The lowest BCUT2D eigenvalue weighted by molar-refractivity contribution is -0.169. The Morgan fingerprint density at radius 2 is 1.93 bits per heavy atom. The van der Waals surface area contributed by atoms with Crippen molar-refractivity contribution in [3.05, 3.63) is 29.3 Å². The van der Waals surface area contributed by atoms with E-state index in [9.17, 15) is 32.8 Å². The molecule has 2 aliphatic heterocycles. The average molecular weight is 423 g/mol.